The second kappa shape index (κ2) is 7.11. The van der Waals surface area contributed by atoms with Crippen molar-refractivity contribution in [2.24, 2.45) is 0 Å². The minimum Gasteiger partial charge on any atom is -0.497 e. The van der Waals surface area contributed by atoms with Gasteiger partial charge in [-0.1, -0.05) is 56.3 Å². The number of rotatable bonds is 6. The smallest absolute Gasteiger partial charge is 0.119 e. The standard InChI is InChI=1S/C18H23NO/c1-4-19-18(14(2)15-9-6-5-7-10-15)16-11-8-12-17(13-16)20-3/h5-14,18-19H,4H2,1-3H3. The van der Waals surface area contributed by atoms with E-state index in [2.05, 4.69) is 67.7 Å². The van der Waals surface area contributed by atoms with E-state index in [1.165, 1.54) is 11.1 Å². The number of likely N-dealkylation sites (N-methyl/N-ethyl adjacent to an activating group) is 1. The molecule has 2 rings (SSSR count). The van der Waals surface area contributed by atoms with Crippen LogP contribution in [-0.2, 0) is 0 Å². The highest BCUT2D eigenvalue weighted by Gasteiger charge is 2.20. The highest BCUT2D eigenvalue weighted by Crippen LogP contribution is 2.31. The molecule has 2 aromatic rings. The van der Waals surface area contributed by atoms with Crippen molar-refractivity contribution in [3.8, 4) is 5.75 Å². The molecule has 0 spiro atoms. The van der Waals surface area contributed by atoms with Gasteiger partial charge in [-0.2, -0.15) is 0 Å². The fourth-order valence-corrected chi connectivity index (χ4v) is 2.59. The van der Waals surface area contributed by atoms with Crippen molar-refractivity contribution in [3.63, 3.8) is 0 Å². The molecule has 2 unspecified atom stereocenters. The van der Waals surface area contributed by atoms with Crippen molar-refractivity contribution in [1.29, 1.82) is 0 Å². The zero-order chi connectivity index (χ0) is 14.4. The summed E-state index contributed by atoms with van der Waals surface area (Å²) in [6.07, 6.45) is 0. The predicted molar refractivity (Wildman–Crippen MR) is 84.3 cm³/mol. The fraction of sp³-hybridized carbons (Fsp3) is 0.333. The lowest BCUT2D eigenvalue weighted by molar-refractivity contribution is 0.411. The van der Waals surface area contributed by atoms with E-state index < -0.39 is 0 Å². The lowest BCUT2D eigenvalue weighted by atomic mass is 9.88. The first kappa shape index (κ1) is 14.6. The molecule has 20 heavy (non-hydrogen) atoms. The highest BCUT2D eigenvalue weighted by molar-refractivity contribution is 5.33. The average molecular weight is 269 g/mol. The van der Waals surface area contributed by atoms with Gasteiger partial charge in [0.25, 0.3) is 0 Å². The zero-order valence-corrected chi connectivity index (χ0v) is 12.5. The molecule has 0 bridgehead atoms. The summed E-state index contributed by atoms with van der Waals surface area (Å²) < 4.78 is 5.34. The third-order valence-corrected chi connectivity index (χ3v) is 3.70. The van der Waals surface area contributed by atoms with E-state index in [-0.39, 0.29) is 6.04 Å². The molecule has 0 heterocycles. The monoisotopic (exact) mass is 269 g/mol. The predicted octanol–water partition coefficient (Wildman–Crippen LogP) is 4.15. The lowest BCUT2D eigenvalue weighted by Gasteiger charge is -2.26. The van der Waals surface area contributed by atoms with Crippen molar-refractivity contribution < 1.29 is 4.74 Å². The summed E-state index contributed by atoms with van der Waals surface area (Å²) >= 11 is 0. The van der Waals surface area contributed by atoms with Crippen LogP contribution >= 0.6 is 0 Å². The molecule has 2 aromatic carbocycles. The Bertz CT molecular complexity index is 524. The summed E-state index contributed by atoms with van der Waals surface area (Å²) in [4.78, 5) is 0. The first-order valence-electron chi connectivity index (χ1n) is 7.18. The summed E-state index contributed by atoms with van der Waals surface area (Å²) in [7, 11) is 1.71. The molecule has 2 heteroatoms. The van der Waals surface area contributed by atoms with Crippen LogP contribution in [0.15, 0.2) is 54.6 Å². The number of nitrogens with one attached hydrogen (secondary N) is 1. The Hall–Kier alpha value is -1.80. The van der Waals surface area contributed by atoms with Gasteiger partial charge in [0.15, 0.2) is 0 Å². The van der Waals surface area contributed by atoms with Crippen LogP contribution in [0, 0.1) is 0 Å². The number of benzene rings is 2. The molecular weight excluding hydrogens is 246 g/mol. The van der Waals surface area contributed by atoms with Gasteiger partial charge in [0.1, 0.15) is 5.75 Å². The third-order valence-electron chi connectivity index (χ3n) is 3.70. The molecule has 0 aliphatic rings. The minimum absolute atomic E-state index is 0.289. The molecule has 0 radical (unpaired) electrons. The van der Waals surface area contributed by atoms with Crippen LogP contribution in [0.4, 0.5) is 0 Å². The topological polar surface area (TPSA) is 21.3 Å². The average Bonchev–Trinajstić information content (AvgIpc) is 2.53. The molecule has 0 amide bonds. The van der Waals surface area contributed by atoms with Gasteiger partial charge in [-0.25, -0.2) is 0 Å². The molecule has 2 atom stereocenters. The maximum absolute atomic E-state index is 5.34. The van der Waals surface area contributed by atoms with Gasteiger partial charge >= 0.3 is 0 Å². The summed E-state index contributed by atoms with van der Waals surface area (Å²) in [6.45, 7) is 5.35. The Labute approximate surface area is 121 Å². The van der Waals surface area contributed by atoms with Gasteiger partial charge in [0.05, 0.1) is 7.11 Å². The maximum atomic E-state index is 5.34. The van der Waals surface area contributed by atoms with E-state index in [0.29, 0.717) is 5.92 Å². The van der Waals surface area contributed by atoms with Crippen molar-refractivity contribution >= 4 is 0 Å². The van der Waals surface area contributed by atoms with Crippen LogP contribution in [0.25, 0.3) is 0 Å². The van der Waals surface area contributed by atoms with Gasteiger partial charge in [0.2, 0.25) is 0 Å². The van der Waals surface area contributed by atoms with Crippen molar-refractivity contribution in [2.45, 2.75) is 25.8 Å². The first-order valence-corrected chi connectivity index (χ1v) is 7.18. The fourth-order valence-electron chi connectivity index (χ4n) is 2.59. The van der Waals surface area contributed by atoms with Crippen molar-refractivity contribution in [1.82, 2.24) is 5.32 Å². The Kier molecular flexibility index (Phi) is 5.19. The summed E-state index contributed by atoms with van der Waals surface area (Å²) in [6, 6.07) is 19.2. The van der Waals surface area contributed by atoms with Crippen LogP contribution in [-0.4, -0.2) is 13.7 Å². The van der Waals surface area contributed by atoms with Crippen LogP contribution in [0.2, 0.25) is 0 Å². The lowest BCUT2D eigenvalue weighted by Crippen LogP contribution is -2.25. The van der Waals surface area contributed by atoms with Crippen molar-refractivity contribution in [2.75, 3.05) is 13.7 Å². The Morgan fingerprint density at radius 3 is 2.35 bits per heavy atom. The normalized spacial score (nSPS) is 13.8. The van der Waals surface area contributed by atoms with E-state index >= 15 is 0 Å². The molecule has 0 fully saturated rings. The van der Waals surface area contributed by atoms with E-state index in [4.69, 9.17) is 4.74 Å². The van der Waals surface area contributed by atoms with E-state index in [1.807, 2.05) is 6.07 Å². The highest BCUT2D eigenvalue weighted by atomic mass is 16.5. The van der Waals surface area contributed by atoms with E-state index in [0.717, 1.165) is 12.3 Å². The second-order valence-electron chi connectivity index (χ2n) is 5.01. The summed E-state index contributed by atoms with van der Waals surface area (Å²) in [5.74, 6) is 1.31. The molecule has 106 valence electrons. The number of hydrogen-bond donors (Lipinski definition) is 1. The van der Waals surface area contributed by atoms with Crippen LogP contribution < -0.4 is 10.1 Å². The van der Waals surface area contributed by atoms with Gasteiger partial charge in [-0.05, 0) is 29.8 Å². The zero-order valence-electron chi connectivity index (χ0n) is 12.5. The minimum atomic E-state index is 0.289. The Morgan fingerprint density at radius 1 is 1.00 bits per heavy atom. The van der Waals surface area contributed by atoms with E-state index in [1.54, 1.807) is 7.11 Å². The molecule has 2 nitrogen and oxygen atoms in total. The molecule has 0 aromatic heterocycles. The molecule has 1 N–H and O–H groups in total. The van der Waals surface area contributed by atoms with Crippen LogP contribution in [0.3, 0.4) is 0 Å². The summed E-state index contributed by atoms with van der Waals surface area (Å²) in [5.41, 5.74) is 2.61. The summed E-state index contributed by atoms with van der Waals surface area (Å²) in [5, 5.41) is 3.59. The van der Waals surface area contributed by atoms with Gasteiger partial charge in [0, 0.05) is 12.0 Å². The van der Waals surface area contributed by atoms with Crippen molar-refractivity contribution in [3.05, 3.63) is 65.7 Å². The quantitative estimate of drug-likeness (QED) is 0.850. The Morgan fingerprint density at radius 2 is 1.70 bits per heavy atom. The molecule has 0 saturated heterocycles. The van der Waals surface area contributed by atoms with E-state index in [9.17, 15) is 0 Å². The number of ether oxygens (including phenoxy) is 1. The largest absolute Gasteiger partial charge is 0.497 e. The molecular formula is C18H23NO. The van der Waals surface area contributed by atoms with Crippen LogP contribution in [0.5, 0.6) is 5.75 Å². The second-order valence-corrected chi connectivity index (χ2v) is 5.01. The van der Waals surface area contributed by atoms with Gasteiger partial charge < -0.3 is 10.1 Å². The van der Waals surface area contributed by atoms with Crippen LogP contribution in [0.1, 0.15) is 36.9 Å². The van der Waals surface area contributed by atoms with Gasteiger partial charge in [-0.3, -0.25) is 0 Å². The number of hydrogen-bond acceptors (Lipinski definition) is 2. The molecule has 0 aliphatic carbocycles. The molecule has 0 saturated carbocycles. The van der Waals surface area contributed by atoms with Gasteiger partial charge in [-0.15, -0.1) is 0 Å². The molecule has 0 aliphatic heterocycles. The Balaban J connectivity index is 2.30. The number of methoxy groups -OCH3 is 1. The maximum Gasteiger partial charge on any atom is 0.119 e. The third kappa shape index (κ3) is 3.40. The SMILES string of the molecule is CCNC(c1cccc(OC)c1)C(C)c1ccccc1. The first-order chi connectivity index (χ1) is 9.76.